The molecule has 1 fully saturated rings. The molecule has 42 heavy (non-hydrogen) atoms. The first-order chi connectivity index (χ1) is 20.2. The fourth-order valence-corrected chi connectivity index (χ4v) is 9.34. The van der Waals surface area contributed by atoms with E-state index in [0.29, 0.717) is 0 Å². The first-order valence-electron chi connectivity index (χ1n) is 16.9. The van der Waals surface area contributed by atoms with Crippen LogP contribution in [0.2, 0.25) is 0 Å². The highest BCUT2D eigenvalue weighted by Gasteiger charge is 2.52. The van der Waals surface area contributed by atoms with Gasteiger partial charge in [0, 0.05) is 24.3 Å². The summed E-state index contributed by atoms with van der Waals surface area (Å²) in [6, 6.07) is 7.45. The van der Waals surface area contributed by atoms with Gasteiger partial charge in [0.2, 0.25) is 0 Å². The maximum absolute atomic E-state index is 6.52. The Kier molecular flexibility index (Phi) is 12.8. The lowest BCUT2D eigenvalue weighted by molar-refractivity contribution is 0.00578. The Morgan fingerprint density at radius 3 is 1.69 bits per heavy atom. The summed E-state index contributed by atoms with van der Waals surface area (Å²) in [5.41, 5.74) is 3.91. The van der Waals surface area contributed by atoms with E-state index in [-0.39, 0.29) is 18.3 Å². The van der Waals surface area contributed by atoms with E-state index in [4.69, 9.17) is 9.31 Å². The van der Waals surface area contributed by atoms with Crippen molar-refractivity contribution in [2.45, 2.75) is 156 Å². The number of aryl methyl sites for hydroxylation is 3. The van der Waals surface area contributed by atoms with Gasteiger partial charge in [0.15, 0.2) is 0 Å². The van der Waals surface area contributed by atoms with Gasteiger partial charge in [0.1, 0.15) is 0 Å². The second-order valence-corrected chi connectivity index (χ2v) is 16.4. The molecule has 0 N–H and O–H groups in total. The molecule has 3 aromatic heterocycles. The number of hydrogen-bond donors (Lipinski definition) is 0. The van der Waals surface area contributed by atoms with Crippen molar-refractivity contribution in [2.75, 3.05) is 0 Å². The van der Waals surface area contributed by atoms with Gasteiger partial charge in [0.05, 0.1) is 11.2 Å². The monoisotopic (exact) mass is 626 g/mol. The van der Waals surface area contributed by atoms with Crippen LogP contribution < -0.4 is 4.78 Å². The predicted octanol–water partition coefficient (Wildman–Crippen LogP) is 11.9. The van der Waals surface area contributed by atoms with Crippen molar-refractivity contribution in [3.05, 3.63) is 40.3 Å². The zero-order chi connectivity index (χ0) is 30.2. The molecule has 2 nitrogen and oxygen atoms in total. The Morgan fingerprint density at radius 1 is 0.595 bits per heavy atom. The van der Waals surface area contributed by atoms with Crippen molar-refractivity contribution < 1.29 is 9.31 Å². The van der Waals surface area contributed by atoms with Crippen molar-refractivity contribution in [3.8, 4) is 19.5 Å². The zero-order valence-electron chi connectivity index (χ0n) is 27.5. The van der Waals surface area contributed by atoms with Crippen LogP contribution >= 0.6 is 34.0 Å². The van der Waals surface area contributed by atoms with Crippen LogP contribution in [0, 0.1) is 0 Å². The molecule has 232 valence electrons. The van der Waals surface area contributed by atoms with Gasteiger partial charge < -0.3 is 9.31 Å². The summed E-state index contributed by atoms with van der Waals surface area (Å²) >= 11 is 5.89. The van der Waals surface area contributed by atoms with Gasteiger partial charge in [-0.05, 0) is 106 Å². The van der Waals surface area contributed by atoms with Crippen LogP contribution in [0.3, 0.4) is 0 Å². The summed E-state index contributed by atoms with van der Waals surface area (Å²) in [4.78, 5) is 5.86. The highest BCUT2D eigenvalue weighted by Crippen LogP contribution is 2.45. The molecule has 0 spiro atoms. The molecule has 4 rings (SSSR count). The maximum atomic E-state index is 6.52. The highest BCUT2D eigenvalue weighted by molar-refractivity contribution is 7.29. The van der Waals surface area contributed by atoms with Gasteiger partial charge in [-0.2, -0.15) is 0 Å². The van der Waals surface area contributed by atoms with Crippen molar-refractivity contribution in [1.82, 2.24) is 0 Å². The molecule has 0 atom stereocenters. The Balaban J connectivity index is 1.65. The molecule has 0 amide bonds. The molecule has 0 aliphatic carbocycles. The van der Waals surface area contributed by atoms with Gasteiger partial charge in [-0.25, -0.2) is 0 Å². The fourth-order valence-electron chi connectivity index (χ4n) is 5.72. The van der Waals surface area contributed by atoms with Crippen LogP contribution in [-0.4, -0.2) is 18.3 Å². The lowest BCUT2D eigenvalue weighted by atomic mass is 9.87. The summed E-state index contributed by atoms with van der Waals surface area (Å²) < 4.78 is 14.3. The van der Waals surface area contributed by atoms with Crippen LogP contribution in [0.1, 0.15) is 142 Å². The van der Waals surface area contributed by atoms with Gasteiger partial charge in [-0.1, -0.05) is 78.6 Å². The second kappa shape index (κ2) is 15.9. The van der Waals surface area contributed by atoms with E-state index in [1.807, 2.05) is 34.0 Å². The normalized spacial score (nSPS) is 16.1. The van der Waals surface area contributed by atoms with Gasteiger partial charge in [-0.15, -0.1) is 34.0 Å². The Bertz CT molecular complexity index is 1220. The van der Waals surface area contributed by atoms with Gasteiger partial charge in [0.25, 0.3) is 0 Å². The van der Waals surface area contributed by atoms with E-state index in [2.05, 4.69) is 72.0 Å². The summed E-state index contributed by atoms with van der Waals surface area (Å²) in [5, 5.41) is 2.42. The van der Waals surface area contributed by atoms with Crippen LogP contribution in [0.15, 0.2) is 23.6 Å². The molecule has 0 aromatic carbocycles. The van der Waals surface area contributed by atoms with Crippen molar-refractivity contribution in [1.29, 1.82) is 0 Å². The second-order valence-electron chi connectivity index (χ2n) is 13.3. The molecular weight excluding hydrogens is 571 g/mol. The lowest BCUT2D eigenvalue weighted by Gasteiger charge is -2.32. The molecular formula is C36H55BO2S3. The lowest BCUT2D eigenvalue weighted by Crippen LogP contribution is -2.41. The molecule has 1 saturated heterocycles. The van der Waals surface area contributed by atoms with E-state index in [1.165, 1.54) is 125 Å². The highest BCUT2D eigenvalue weighted by atomic mass is 32.1. The molecule has 1 aliphatic heterocycles. The number of thiophene rings is 3. The topological polar surface area (TPSA) is 18.5 Å². The summed E-state index contributed by atoms with van der Waals surface area (Å²) in [6.45, 7) is 15.5. The first kappa shape index (κ1) is 34.0. The number of rotatable bonds is 18. The summed E-state index contributed by atoms with van der Waals surface area (Å²) in [6.07, 6.45) is 19.2. The Morgan fingerprint density at radius 2 is 1.12 bits per heavy atom. The quantitative estimate of drug-likeness (QED) is 0.103. The van der Waals surface area contributed by atoms with E-state index >= 15 is 0 Å². The Hall–Kier alpha value is -0.915. The molecule has 0 radical (unpaired) electrons. The van der Waals surface area contributed by atoms with E-state index < -0.39 is 0 Å². The third-order valence-electron chi connectivity index (χ3n) is 9.14. The number of hydrogen-bond acceptors (Lipinski definition) is 5. The van der Waals surface area contributed by atoms with E-state index in [9.17, 15) is 0 Å². The van der Waals surface area contributed by atoms with Crippen LogP contribution in [0.4, 0.5) is 0 Å². The van der Waals surface area contributed by atoms with Crippen molar-refractivity contribution >= 4 is 45.9 Å². The predicted molar refractivity (Wildman–Crippen MR) is 190 cm³/mol. The van der Waals surface area contributed by atoms with Crippen molar-refractivity contribution in [3.63, 3.8) is 0 Å². The maximum Gasteiger partial charge on any atom is 0.505 e. The van der Waals surface area contributed by atoms with Crippen LogP contribution in [0.5, 0.6) is 0 Å². The van der Waals surface area contributed by atoms with Crippen LogP contribution in [0.25, 0.3) is 19.5 Å². The van der Waals surface area contributed by atoms with Crippen LogP contribution in [-0.2, 0) is 28.6 Å². The van der Waals surface area contributed by atoms with E-state index in [0.717, 1.165) is 6.42 Å². The average molecular weight is 627 g/mol. The molecule has 0 bridgehead atoms. The van der Waals surface area contributed by atoms with Crippen molar-refractivity contribution in [2.24, 2.45) is 0 Å². The molecule has 6 heteroatoms. The molecule has 0 saturated carbocycles. The summed E-state index contributed by atoms with van der Waals surface area (Å²) in [5.74, 6) is 0. The zero-order valence-corrected chi connectivity index (χ0v) is 30.0. The van der Waals surface area contributed by atoms with E-state index in [1.54, 1.807) is 5.56 Å². The smallest absolute Gasteiger partial charge is 0.399 e. The SMILES string of the molecule is CCCCCCc1csc(-c2sc(-c3sc(B4OC(C)(C)C(C)(C)O4)cc3CCCCCC)cc2CCCCCC)c1. The van der Waals surface area contributed by atoms with Gasteiger partial charge in [-0.3, -0.25) is 0 Å². The first-order valence-corrected chi connectivity index (χ1v) is 19.4. The minimum absolute atomic E-state index is 0.288. The molecule has 3 aromatic rings. The molecule has 4 heterocycles. The molecule has 0 unspecified atom stereocenters. The largest absolute Gasteiger partial charge is 0.505 e. The third kappa shape index (κ3) is 8.62. The fraction of sp³-hybridized carbons (Fsp3) is 0.667. The van der Waals surface area contributed by atoms with Gasteiger partial charge >= 0.3 is 7.12 Å². The Labute approximate surface area is 269 Å². The number of unbranched alkanes of at least 4 members (excludes halogenated alkanes) is 9. The molecule has 1 aliphatic rings. The third-order valence-corrected chi connectivity index (χ3v) is 12.9. The minimum atomic E-state index is -0.321. The minimum Gasteiger partial charge on any atom is -0.399 e. The summed E-state index contributed by atoms with van der Waals surface area (Å²) in [7, 11) is -0.288. The standard InChI is InChI=1S/C36H55BO2S3/c1-8-11-14-17-20-27-23-30(40-26-27)33-28(21-18-15-12-9-2)24-31(41-33)34-29(22-19-16-13-10-3)25-32(42-34)37-38-35(4,5)36(6,7)39-37/h23-26H,8-22H2,1-7H3. The average Bonchev–Trinajstić information content (AvgIpc) is 3.72.